The molecule has 1 atom stereocenters. The van der Waals surface area contributed by atoms with E-state index in [-0.39, 0.29) is 11.9 Å². The maximum absolute atomic E-state index is 13.9. The van der Waals surface area contributed by atoms with E-state index in [9.17, 15) is 4.39 Å². The predicted molar refractivity (Wildman–Crippen MR) is 76.8 cm³/mol. The highest BCUT2D eigenvalue weighted by Crippen LogP contribution is 2.18. The van der Waals surface area contributed by atoms with Gasteiger partial charge in [-0.2, -0.15) is 0 Å². The van der Waals surface area contributed by atoms with Gasteiger partial charge in [0, 0.05) is 44.3 Å². The minimum Gasteiger partial charge on any atom is -0.309 e. The summed E-state index contributed by atoms with van der Waals surface area (Å²) in [6.07, 6.45) is 0. The second-order valence-electron chi connectivity index (χ2n) is 5.24. The number of halogens is 1. The Morgan fingerprint density at radius 3 is 2.53 bits per heavy atom. The molecule has 1 fully saturated rings. The van der Waals surface area contributed by atoms with E-state index in [0.717, 1.165) is 44.8 Å². The van der Waals surface area contributed by atoms with Gasteiger partial charge < -0.3 is 10.2 Å². The fourth-order valence-corrected chi connectivity index (χ4v) is 2.57. The normalized spacial score (nSPS) is 19.5. The first kappa shape index (κ1) is 14.4. The van der Waals surface area contributed by atoms with Crippen molar-refractivity contribution in [2.75, 3.05) is 46.3 Å². The Bertz CT molecular complexity index is 389. The summed E-state index contributed by atoms with van der Waals surface area (Å²) in [6, 6.07) is 7.17. The van der Waals surface area contributed by atoms with Crippen molar-refractivity contribution >= 4 is 0 Å². The predicted octanol–water partition coefficient (Wildman–Crippen LogP) is 1.72. The molecule has 106 valence electrons. The van der Waals surface area contributed by atoms with Gasteiger partial charge in [-0.15, -0.1) is 0 Å². The van der Waals surface area contributed by atoms with Crippen molar-refractivity contribution in [1.82, 2.24) is 15.1 Å². The fourth-order valence-electron chi connectivity index (χ4n) is 2.57. The van der Waals surface area contributed by atoms with Crippen molar-refractivity contribution in [3.05, 3.63) is 35.6 Å². The molecule has 0 bridgehead atoms. The van der Waals surface area contributed by atoms with Crippen LogP contribution in [0.15, 0.2) is 24.3 Å². The lowest BCUT2D eigenvalue weighted by Crippen LogP contribution is -2.47. The minimum atomic E-state index is -0.109. The molecule has 1 unspecified atom stereocenters. The Morgan fingerprint density at radius 2 is 1.89 bits per heavy atom. The zero-order chi connectivity index (χ0) is 13.7. The van der Waals surface area contributed by atoms with Gasteiger partial charge in [-0.05, 0) is 19.7 Å². The van der Waals surface area contributed by atoms with Gasteiger partial charge in [0.15, 0.2) is 0 Å². The molecule has 0 amide bonds. The second kappa shape index (κ2) is 6.98. The topological polar surface area (TPSA) is 18.5 Å². The van der Waals surface area contributed by atoms with Crippen LogP contribution in [0, 0.1) is 5.82 Å². The summed E-state index contributed by atoms with van der Waals surface area (Å²) < 4.78 is 13.9. The molecule has 1 N–H and O–H groups in total. The molecule has 0 spiro atoms. The van der Waals surface area contributed by atoms with Gasteiger partial charge in [0.05, 0.1) is 0 Å². The number of rotatable bonds is 5. The van der Waals surface area contributed by atoms with Crippen LogP contribution in [0.5, 0.6) is 0 Å². The quantitative estimate of drug-likeness (QED) is 0.874. The van der Waals surface area contributed by atoms with Crippen molar-refractivity contribution in [2.45, 2.75) is 13.0 Å². The Balaban J connectivity index is 2.02. The van der Waals surface area contributed by atoms with Crippen LogP contribution in [0.2, 0.25) is 0 Å². The van der Waals surface area contributed by atoms with Crippen LogP contribution in [-0.4, -0.2) is 56.1 Å². The molecule has 3 nitrogen and oxygen atoms in total. The summed E-state index contributed by atoms with van der Waals surface area (Å²) in [6.45, 7) is 8.11. The van der Waals surface area contributed by atoms with Gasteiger partial charge >= 0.3 is 0 Å². The first-order valence-corrected chi connectivity index (χ1v) is 7.09. The second-order valence-corrected chi connectivity index (χ2v) is 5.24. The van der Waals surface area contributed by atoms with Crippen LogP contribution >= 0.6 is 0 Å². The van der Waals surface area contributed by atoms with E-state index >= 15 is 0 Å². The van der Waals surface area contributed by atoms with Crippen molar-refractivity contribution in [2.24, 2.45) is 0 Å². The van der Waals surface area contributed by atoms with E-state index in [1.807, 2.05) is 12.1 Å². The van der Waals surface area contributed by atoms with Crippen molar-refractivity contribution in [3.8, 4) is 0 Å². The zero-order valence-electron chi connectivity index (χ0n) is 11.9. The first-order chi connectivity index (χ1) is 9.20. The van der Waals surface area contributed by atoms with E-state index < -0.39 is 0 Å². The van der Waals surface area contributed by atoms with E-state index in [4.69, 9.17) is 0 Å². The first-order valence-electron chi connectivity index (χ1n) is 7.09. The summed E-state index contributed by atoms with van der Waals surface area (Å²) in [4.78, 5) is 4.75. The average Bonchev–Trinajstić information content (AvgIpc) is 2.41. The summed E-state index contributed by atoms with van der Waals surface area (Å²) >= 11 is 0. The molecule has 19 heavy (non-hydrogen) atoms. The molecular formula is C15H24FN3. The smallest absolute Gasteiger partial charge is 0.128 e. The van der Waals surface area contributed by atoms with Gasteiger partial charge in [-0.25, -0.2) is 4.39 Å². The van der Waals surface area contributed by atoms with E-state index in [2.05, 4.69) is 29.1 Å². The van der Waals surface area contributed by atoms with Crippen LogP contribution < -0.4 is 5.32 Å². The van der Waals surface area contributed by atoms with Gasteiger partial charge in [-0.3, -0.25) is 4.90 Å². The number of benzene rings is 1. The van der Waals surface area contributed by atoms with Crippen molar-refractivity contribution in [3.63, 3.8) is 0 Å². The van der Waals surface area contributed by atoms with Gasteiger partial charge in [-0.1, -0.05) is 25.1 Å². The standard InChI is InChI=1S/C15H24FN3/c1-3-17-15(13-6-4-5-7-14(13)16)12-19-10-8-18(2)9-11-19/h4-7,15,17H,3,8-12H2,1-2H3. The summed E-state index contributed by atoms with van der Waals surface area (Å²) in [5.41, 5.74) is 0.781. The highest BCUT2D eigenvalue weighted by Gasteiger charge is 2.20. The van der Waals surface area contributed by atoms with E-state index in [1.54, 1.807) is 12.1 Å². The number of hydrogen-bond acceptors (Lipinski definition) is 3. The number of nitrogens with zero attached hydrogens (tertiary/aromatic N) is 2. The number of likely N-dealkylation sites (N-methyl/N-ethyl adjacent to an activating group) is 2. The maximum Gasteiger partial charge on any atom is 0.128 e. The van der Waals surface area contributed by atoms with Crippen LogP contribution in [0.4, 0.5) is 4.39 Å². The molecular weight excluding hydrogens is 241 g/mol. The molecule has 0 saturated carbocycles. The van der Waals surface area contributed by atoms with Crippen LogP contribution in [-0.2, 0) is 0 Å². The summed E-state index contributed by atoms with van der Waals surface area (Å²) in [5, 5.41) is 3.40. The number of piperazine rings is 1. The average molecular weight is 265 g/mol. The molecule has 0 aliphatic carbocycles. The molecule has 0 aromatic heterocycles. The Morgan fingerprint density at radius 1 is 1.21 bits per heavy atom. The van der Waals surface area contributed by atoms with Crippen molar-refractivity contribution < 1.29 is 4.39 Å². The van der Waals surface area contributed by atoms with E-state index in [0.29, 0.717) is 0 Å². The highest BCUT2D eigenvalue weighted by atomic mass is 19.1. The summed E-state index contributed by atoms with van der Waals surface area (Å²) in [7, 11) is 2.15. The van der Waals surface area contributed by atoms with Gasteiger partial charge in [0.2, 0.25) is 0 Å². The molecule has 1 aliphatic rings. The number of hydrogen-bond donors (Lipinski definition) is 1. The molecule has 4 heteroatoms. The summed E-state index contributed by atoms with van der Waals surface area (Å²) in [5.74, 6) is -0.109. The third-order valence-corrected chi connectivity index (χ3v) is 3.77. The molecule has 2 rings (SSSR count). The minimum absolute atomic E-state index is 0.0783. The van der Waals surface area contributed by atoms with Gasteiger partial charge in [0.1, 0.15) is 5.82 Å². The van der Waals surface area contributed by atoms with Crippen LogP contribution in [0.3, 0.4) is 0 Å². The molecule has 1 aromatic carbocycles. The third-order valence-electron chi connectivity index (χ3n) is 3.77. The van der Waals surface area contributed by atoms with Crippen molar-refractivity contribution in [1.29, 1.82) is 0 Å². The highest BCUT2D eigenvalue weighted by molar-refractivity contribution is 5.21. The Labute approximate surface area is 115 Å². The largest absolute Gasteiger partial charge is 0.309 e. The number of nitrogens with one attached hydrogen (secondary N) is 1. The lowest BCUT2D eigenvalue weighted by atomic mass is 10.1. The zero-order valence-corrected chi connectivity index (χ0v) is 11.9. The lowest BCUT2D eigenvalue weighted by molar-refractivity contribution is 0.142. The van der Waals surface area contributed by atoms with Crippen LogP contribution in [0.1, 0.15) is 18.5 Å². The molecule has 0 radical (unpaired) electrons. The van der Waals surface area contributed by atoms with Gasteiger partial charge in [0.25, 0.3) is 0 Å². The SMILES string of the molecule is CCNC(CN1CCN(C)CC1)c1ccccc1F. The maximum atomic E-state index is 13.9. The molecule has 1 heterocycles. The molecule has 1 aromatic rings. The molecule has 1 aliphatic heterocycles. The fraction of sp³-hybridized carbons (Fsp3) is 0.600. The Hall–Kier alpha value is -0.970. The lowest BCUT2D eigenvalue weighted by Gasteiger charge is -2.35. The third kappa shape index (κ3) is 4.00. The Kier molecular flexibility index (Phi) is 5.31. The monoisotopic (exact) mass is 265 g/mol. The van der Waals surface area contributed by atoms with E-state index in [1.165, 1.54) is 0 Å². The molecule has 1 saturated heterocycles. The van der Waals surface area contributed by atoms with Crippen LogP contribution in [0.25, 0.3) is 0 Å².